The van der Waals surface area contributed by atoms with Crippen molar-refractivity contribution in [3.05, 3.63) is 39.5 Å². The van der Waals surface area contributed by atoms with Gasteiger partial charge in [-0.05, 0) is 25.8 Å². The van der Waals surface area contributed by atoms with Gasteiger partial charge in [-0.1, -0.05) is 0 Å². The summed E-state index contributed by atoms with van der Waals surface area (Å²) in [4.78, 5) is 21.9. The van der Waals surface area contributed by atoms with Crippen LogP contribution in [0.3, 0.4) is 0 Å². The highest BCUT2D eigenvalue weighted by molar-refractivity contribution is 5.75. The van der Waals surface area contributed by atoms with E-state index in [4.69, 9.17) is 0 Å². The Hall–Kier alpha value is -2.85. The van der Waals surface area contributed by atoms with Crippen molar-refractivity contribution in [2.24, 2.45) is 0 Å². The standard InChI is InChI=1S/C14H18F2N6O3/c1-9-6-18-20(7-9)5-3-4-17-11(23)8-21-10(2)13(22(24)25)12(19-21)14(15)16/h6-7,14H,3-5,8H2,1-2H3,(H,17,23). The highest BCUT2D eigenvalue weighted by atomic mass is 19.3. The minimum absolute atomic E-state index is 0.0810. The van der Waals surface area contributed by atoms with E-state index in [9.17, 15) is 23.7 Å². The molecule has 1 amide bonds. The third-order valence-electron chi connectivity index (χ3n) is 3.53. The molecular weight excluding hydrogens is 338 g/mol. The lowest BCUT2D eigenvalue weighted by Crippen LogP contribution is -2.29. The van der Waals surface area contributed by atoms with E-state index in [2.05, 4.69) is 15.5 Å². The van der Waals surface area contributed by atoms with Crippen LogP contribution in [0.5, 0.6) is 0 Å². The van der Waals surface area contributed by atoms with E-state index < -0.39 is 28.6 Å². The molecule has 0 unspecified atom stereocenters. The van der Waals surface area contributed by atoms with Crippen LogP contribution in [-0.4, -0.2) is 36.9 Å². The average molecular weight is 356 g/mol. The van der Waals surface area contributed by atoms with E-state index in [1.165, 1.54) is 6.92 Å². The van der Waals surface area contributed by atoms with Gasteiger partial charge in [0.25, 0.3) is 6.43 Å². The van der Waals surface area contributed by atoms with Crippen LogP contribution in [0.4, 0.5) is 14.5 Å². The minimum Gasteiger partial charge on any atom is -0.354 e. The Labute approximate surface area is 141 Å². The van der Waals surface area contributed by atoms with Gasteiger partial charge >= 0.3 is 5.69 Å². The minimum atomic E-state index is -3.08. The lowest BCUT2D eigenvalue weighted by Gasteiger charge is -2.06. The second kappa shape index (κ2) is 7.81. The van der Waals surface area contributed by atoms with Gasteiger partial charge in [-0.15, -0.1) is 0 Å². The Morgan fingerprint density at radius 3 is 2.68 bits per heavy atom. The Balaban J connectivity index is 1.89. The fraction of sp³-hybridized carbons (Fsp3) is 0.500. The van der Waals surface area contributed by atoms with Crippen molar-refractivity contribution in [1.82, 2.24) is 24.9 Å². The van der Waals surface area contributed by atoms with Gasteiger partial charge in [0.05, 0.1) is 11.1 Å². The number of nitrogens with zero attached hydrogens (tertiary/aromatic N) is 5. The normalized spacial score (nSPS) is 11.1. The van der Waals surface area contributed by atoms with Crippen molar-refractivity contribution in [1.29, 1.82) is 0 Å². The van der Waals surface area contributed by atoms with Crippen LogP contribution in [-0.2, 0) is 17.9 Å². The first-order valence-corrected chi connectivity index (χ1v) is 7.55. The zero-order chi connectivity index (χ0) is 18.6. The van der Waals surface area contributed by atoms with Crippen LogP contribution in [0.15, 0.2) is 12.4 Å². The lowest BCUT2D eigenvalue weighted by atomic mass is 10.3. The lowest BCUT2D eigenvalue weighted by molar-refractivity contribution is -0.386. The summed E-state index contributed by atoms with van der Waals surface area (Å²) in [6.45, 7) is 3.83. The van der Waals surface area contributed by atoms with Crippen molar-refractivity contribution < 1.29 is 18.5 Å². The molecule has 2 aromatic rings. The quantitative estimate of drug-likeness (QED) is 0.440. The van der Waals surface area contributed by atoms with Crippen molar-refractivity contribution in [3.8, 4) is 0 Å². The van der Waals surface area contributed by atoms with Crippen molar-refractivity contribution >= 4 is 11.6 Å². The molecule has 136 valence electrons. The molecule has 0 spiro atoms. The van der Waals surface area contributed by atoms with Crippen LogP contribution in [0.25, 0.3) is 0 Å². The van der Waals surface area contributed by atoms with Gasteiger partial charge in [0.2, 0.25) is 11.6 Å². The third-order valence-corrected chi connectivity index (χ3v) is 3.53. The summed E-state index contributed by atoms with van der Waals surface area (Å²) in [5, 5.41) is 21.1. The van der Waals surface area contributed by atoms with Gasteiger partial charge in [-0.25, -0.2) is 8.78 Å². The molecule has 0 saturated heterocycles. The summed E-state index contributed by atoms with van der Waals surface area (Å²) < 4.78 is 28.4. The summed E-state index contributed by atoms with van der Waals surface area (Å²) in [5.41, 5.74) is -0.724. The molecule has 0 aliphatic rings. The summed E-state index contributed by atoms with van der Waals surface area (Å²) in [5.74, 6) is -0.460. The fourth-order valence-electron chi connectivity index (χ4n) is 2.34. The molecule has 9 nitrogen and oxygen atoms in total. The first kappa shape index (κ1) is 18.5. The first-order valence-electron chi connectivity index (χ1n) is 7.55. The molecule has 0 aliphatic heterocycles. The molecule has 0 atom stereocenters. The number of hydrogen-bond donors (Lipinski definition) is 1. The number of halogens is 2. The number of amides is 1. The fourth-order valence-corrected chi connectivity index (χ4v) is 2.34. The van der Waals surface area contributed by atoms with Crippen LogP contribution in [0.2, 0.25) is 0 Å². The topological polar surface area (TPSA) is 108 Å². The molecule has 25 heavy (non-hydrogen) atoms. The zero-order valence-electron chi connectivity index (χ0n) is 13.8. The Morgan fingerprint density at radius 1 is 1.44 bits per heavy atom. The molecule has 1 N–H and O–H groups in total. The molecule has 0 radical (unpaired) electrons. The second-order valence-corrected chi connectivity index (χ2v) is 5.52. The molecule has 2 aromatic heterocycles. The summed E-state index contributed by atoms with van der Waals surface area (Å²) in [7, 11) is 0. The average Bonchev–Trinajstić information content (AvgIpc) is 3.08. The first-order chi connectivity index (χ1) is 11.8. The van der Waals surface area contributed by atoms with Crippen molar-refractivity contribution in [2.45, 2.75) is 39.8 Å². The molecule has 0 aromatic carbocycles. The maximum absolute atomic E-state index is 12.8. The monoisotopic (exact) mass is 356 g/mol. The summed E-state index contributed by atoms with van der Waals surface area (Å²) in [6, 6.07) is 0. The van der Waals surface area contributed by atoms with Crippen molar-refractivity contribution in [3.63, 3.8) is 0 Å². The zero-order valence-corrected chi connectivity index (χ0v) is 13.8. The summed E-state index contributed by atoms with van der Waals surface area (Å²) in [6.07, 6.45) is 1.15. The van der Waals surface area contributed by atoms with Crippen LogP contribution < -0.4 is 5.32 Å². The molecule has 0 saturated carbocycles. The van der Waals surface area contributed by atoms with E-state index in [1.807, 2.05) is 13.1 Å². The largest absolute Gasteiger partial charge is 0.354 e. The van der Waals surface area contributed by atoms with Crippen LogP contribution in [0.1, 0.15) is 29.8 Å². The predicted octanol–water partition coefficient (Wildman–Crippen LogP) is 1.75. The molecular formula is C14H18F2N6O3. The summed E-state index contributed by atoms with van der Waals surface area (Å²) >= 11 is 0. The number of carbonyl (C=O) groups is 1. The van der Waals surface area contributed by atoms with Gasteiger partial charge < -0.3 is 5.32 Å². The number of nitrogens with one attached hydrogen (secondary N) is 1. The van der Waals surface area contributed by atoms with Crippen LogP contribution >= 0.6 is 0 Å². The number of alkyl halides is 2. The maximum Gasteiger partial charge on any atom is 0.319 e. The van der Waals surface area contributed by atoms with Gasteiger partial charge in [0.15, 0.2) is 0 Å². The SMILES string of the molecule is Cc1cnn(CCCNC(=O)Cn2nc(C(F)F)c([N+](=O)[O-])c2C)c1. The molecule has 0 bridgehead atoms. The smallest absolute Gasteiger partial charge is 0.319 e. The molecule has 11 heteroatoms. The highest BCUT2D eigenvalue weighted by Crippen LogP contribution is 2.30. The number of nitro groups is 1. The predicted molar refractivity (Wildman–Crippen MR) is 83.2 cm³/mol. The number of aromatic nitrogens is 4. The van der Waals surface area contributed by atoms with Gasteiger partial charge in [-0.3, -0.25) is 24.3 Å². The highest BCUT2D eigenvalue weighted by Gasteiger charge is 2.31. The van der Waals surface area contributed by atoms with E-state index in [1.54, 1.807) is 10.9 Å². The maximum atomic E-state index is 12.8. The van der Waals surface area contributed by atoms with E-state index in [-0.39, 0.29) is 12.2 Å². The number of rotatable bonds is 8. The Kier molecular flexibility index (Phi) is 5.78. The second-order valence-electron chi connectivity index (χ2n) is 5.52. The number of carbonyl (C=O) groups excluding carboxylic acids is 1. The van der Waals surface area contributed by atoms with E-state index >= 15 is 0 Å². The molecule has 0 aliphatic carbocycles. The molecule has 0 fully saturated rings. The molecule has 2 rings (SSSR count). The van der Waals surface area contributed by atoms with Gasteiger partial charge in [0.1, 0.15) is 12.2 Å². The Bertz CT molecular complexity index is 771. The Morgan fingerprint density at radius 2 is 2.16 bits per heavy atom. The third kappa shape index (κ3) is 4.58. The molecule has 2 heterocycles. The van der Waals surface area contributed by atoms with Crippen LogP contribution in [0, 0.1) is 24.0 Å². The van der Waals surface area contributed by atoms with Gasteiger partial charge in [-0.2, -0.15) is 10.2 Å². The number of aryl methyl sites for hydroxylation is 2. The van der Waals surface area contributed by atoms with E-state index in [0.717, 1.165) is 10.2 Å². The van der Waals surface area contributed by atoms with Crippen molar-refractivity contribution in [2.75, 3.05) is 6.54 Å². The van der Waals surface area contributed by atoms with Gasteiger partial charge in [0, 0.05) is 19.3 Å². The van der Waals surface area contributed by atoms with E-state index in [0.29, 0.717) is 19.5 Å². The number of hydrogen-bond acceptors (Lipinski definition) is 5.